The quantitative estimate of drug-likeness (QED) is 0.865. The van der Waals surface area contributed by atoms with Crippen LogP contribution in [0.3, 0.4) is 0 Å². The lowest BCUT2D eigenvalue weighted by Crippen LogP contribution is -2.12. The molecule has 2 aromatic rings. The van der Waals surface area contributed by atoms with Crippen molar-refractivity contribution in [1.29, 1.82) is 0 Å². The van der Waals surface area contributed by atoms with E-state index < -0.39 is 0 Å². The molecule has 2 rings (SSSR count). The number of aryl methyl sites for hydroxylation is 1. The van der Waals surface area contributed by atoms with Gasteiger partial charge < -0.3 is 5.32 Å². The Morgan fingerprint density at radius 1 is 1.47 bits per heavy atom. The van der Waals surface area contributed by atoms with Gasteiger partial charge in [0.05, 0.1) is 11.2 Å². The minimum absolute atomic E-state index is 0.137. The highest BCUT2D eigenvalue weighted by Crippen LogP contribution is 2.20. The van der Waals surface area contributed by atoms with Crippen molar-refractivity contribution in [3.05, 3.63) is 45.9 Å². The molecule has 1 aromatic carbocycles. The van der Waals surface area contributed by atoms with Gasteiger partial charge in [-0.15, -0.1) is 22.9 Å². The van der Waals surface area contributed by atoms with Crippen molar-refractivity contribution in [1.82, 2.24) is 4.98 Å². The maximum atomic E-state index is 12.0. The number of benzene rings is 1. The van der Waals surface area contributed by atoms with Gasteiger partial charge in [0.1, 0.15) is 4.88 Å². The molecule has 0 bridgehead atoms. The largest absolute Gasteiger partial charge is 0.321 e. The number of nitrogens with one attached hydrogen (secondary N) is 1. The molecule has 0 radical (unpaired) electrons. The molecule has 1 amide bonds. The molecule has 0 fully saturated rings. The van der Waals surface area contributed by atoms with Gasteiger partial charge in [-0.2, -0.15) is 0 Å². The molecule has 1 heterocycles. The van der Waals surface area contributed by atoms with Gasteiger partial charge in [-0.1, -0.05) is 18.2 Å². The number of halogens is 1. The molecule has 0 aliphatic heterocycles. The van der Waals surface area contributed by atoms with Crippen LogP contribution in [-0.4, -0.2) is 10.9 Å². The first kappa shape index (κ1) is 12.1. The Bertz CT molecular complexity index is 539. The number of alkyl halides is 1. The predicted molar refractivity (Wildman–Crippen MR) is 70.8 cm³/mol. The zero-order valence-electron chi connectivity index (χ0n) is 9.24. The van der Waals surface area contributed by atoms with E-state index >= 15 is 0 Å². The van der Waals surface area contributed by atoms with Gasteiger partial charge in [-0.05, 0) is 18.6 Å². The van der Waals surface area contributed by atoms with Crippen molar-refractivity contribution in [3.8, 4) is 0 Å². The molecule has 5 heteroatoms. The predicted octanol–water partition coefficient (Wildman–Crippen LogP) is 3.44. The van der Waals surface area contributed by atoms with Crippen LogP contribution in [0.2, 0.25) is 0 Å². The van der Waals surface area contributed by atoms with E-state index in [1.165, 1.54) is 11.3 Å². The number of para-hydroxylation sites is 1. The monoisotopic (exact) mass is 266 g/mol. The van der Waals surface area contributed by atoms with Gasteiger partial charge in [0.15, 0.2) is 0 Å². The average molecular weight is 267 g/mol. The van der Waals surface area contributed by atoms with Gasteiger partial charge in [0.2, 0.25) is 0 Å². The second kappa shape index (κ2) is 5.29. The summed E-state index contributed by atoms with van der Waals surface area (Å²) in [6, 6.07) is 7.49. The maximum Gasteiger partial charge on any atom is 0.267 e. The van der Waals surface area contributed by atoms with E-state index in [9.17, 15) is 4.79 Å². The van der Waals surface area contributed by atoms with E-state index in [1.807, 2.05) is 31.2 Å². The normalized spacial score (nSPS) is 10.2. The van der Waals surface area contributed by atoms with Crippen molar-refractivity contribution >= 4 is 34.5 Å². The maximum absolute atomic E-state index is 12.0. The third kappa shape index (κ3) is 2.65. The second-order valence-electron chi connectivity index (χ2n) is 3.51. The number of amides is 1. The van der Waals surface area contributed by atoms with Crippen molar-refractivity contribution < 1.29 is 4.79 Å². The lowest BCUT2D eigenvalue weighted by atomic mass is 10.2. The zero-order chi connectivity index (χ0) is 12.3. The molecule has 1 N–H and O–H groups in total. The summed E-state index contributed by atoms with van der Waals surface area (Å²) in [6.45, 7) is 1.82. The number of thiazole rings is 1. The fourth-order valence-electron chi connectivity index (χ4n) is 1.46. The number of anilines is 1. The summed E-state index contributed by atoms with van der Waals surface area (Å²) in [5.41, 5.74) is 4.07. The van der Waals surface area contributed by atoms with Crippen LogP contribution >= 0.6 is 22.9 Å². The van der Waals surface area contributed by atoms with Crippen LogP contribution < -0.4 is 5.32 Å². The molecule has 0 aliphatic carbocycles. The summed E-state index contributed by atoms with van der Waals surface area (Å²) in [6.07, 6.45) is 0. The van der Waals surface area contributed by atoms with Gasteiger partial charge in [0.25, 0.3) is 5.91 Å². The lowest BCUT2D eigenvalue weighted by Gasteiger charge is -2.08. The highest BCUT2D eigenvalue weighted by molar-refractivity contribution is 7.12. The fourth-order valence-corrected chi connectivity index (χ4v) is 2.39. The van der Waals surface area contributed by atoms with Crippen LogP contribution in [0.5, 0.6) is 0 Å². The third-order valence-electron chi connectivity index (χ3n) is 2.36. The van der Waals surface area contributed by atoms with Crippen LogP contribution in [0.1, 0.15) is 20.9 Å². The Kier molecular flexibility index (Phi) is 3.76. The summed E-state index contributed by atoms with van der Waals surface area (Å²) < 4.78 is 0. The first-order chi connectivity index (χ1) is 8.22. The lowest BCUT2D eigenvalue weighted by molar-refractivity contribution is 0.102. The van der Waals surface area contributed by atoms with Crippen molar-refractivity contribution in [2.24, 2.45) is 0 Å². The Labute approximate surface area is 108 Å². The van der Waals surface area contributed by atoms with Gasteiger partial charge >= 0.3 is 0 Å². The van der Waals surface area contributed by atoms with E-state index in [4.69, 9.17) is 11.6 Å². The molecular formula is C12H11ClN2OS. The SMILES string of the molecule is Cc1ncsc1C(=O)Nc1ccccc1CCl. The molecule has 0 saturated carbocycles. The summed E-state index contributed by atoms with van der Waals surface area (Å²) in [4.78, 5) is 16.7. The highest BCUT2D eigenvalue weighted by atomic mass is 35.5. The average Bonchev–Trinajstić information content (AvgIpc) is 2.76. The standard InChI is InChI=1S/C12H11ClN2OS/c1-8-11(17-7-14-8)12(16)15-10-5-3-2-4-9(10)6-13/h2-5,7H,6H2,1H3,(H,15,16). The Morgan fingerprint density at radius 2 is 2.24 bits per heavy atom. The highest BCUT2D eigenvalue weighted by Gasteiger charge is 2.12. The first-order valence-electron chi connectivity index (χ1n) is 5.07. The number of carbonyl (C=O) groups is 1. The van der Waals surface area contributed by atoms with Gasteiger partial charge in [-0.25, -0.2) is 4.98 Å². The summed E-state index contributed by atoms with van der Waals surface area (Å²) in [5, 5.41) is 2.85. The van der Waals surface area contributed by atoms with Crippen LogP contribution in [-0.2, 0) is 5.88 Å². The topological polar surface area (TPSA) is 42.0 Å². The van der Waals surface area contributed by atoms with Crippen molar-refractivity contribution in [2.75, 3.05) is 5.32 Å². The molecule has 3 nitrogen and oxygen atoms in total. The molecule has 1 aromatic heterocycles. The Balaban J connectivity index is 2.22. The van der Waals surface area contributed by atoms with E-state index in [-0.39, 0.29) is 5.91 Å². The van der Waals surface area contributed by atoms with E-state index in [2.05, 4.69) is 10.3 Å². The van der Waals surface area contributed by atoms with Gasteiger partial charge in [0, 0.05) is 11.6 Å². The summed E-state index contributed by atoms with van der Waals surface area (Å²) >= 11 is 7.14. The van der Waals surface area contributed by atoms with Crippen LogP contribution in [0.25, 0.3) is 0 Å². The minimum Gasteiger partial charge on any atom is -0.321 e. The summed E-state index contributed by atoms with van der Waals surface area (Å²) in [7, 11) is 0. The second-order valence-corrected chi connectivity index (χ2v) is 4.63. The number of hydrogen-bond acceptors (Lipinski definition) is 3. The summed E-state index contributed by atoms with van der Waals surface area (Å²) in [5.74, 6) is 0.237. The molecule has 17 heavy (non-hydrogen) atoms. The molecule has 88 valence electrons. The van der Waals surface area contributed by atoms with Crippen LogP contribution in [0.4, 0.5) is 5.69 Å². The number of rotatable bonds is 3. The Hall–Kier alpha value is -1.39. The molecule has 0 atom stereocenters. The van der Waals surface area contributed by atoms with Crippen molar-refractivity contribution in [2.45, 2.75) is 12.8 Å². The number of carbonyl (C=O) groups excluding carboxylic acids is 1. The van der Waals surface area contributed by atoms with E-state index in [1.54, 1.807) is 5.51 Å². The van der Waals surface area contributed by atoms with Crippen molar-refractivity contribution in [3.63, 3.8) is 0 Å². The molecular weight excluding hydrogens is 256 g/mol. The Morgan fingerprint density at radius 3 is 2.88 bits per heavy atom. The molecule has 0 saturated heterocycles. The van der Waals surface area contributed by atoms with E-state index in [0.29, 0.717) is 10.8 Å². The smallest absolute Gasteiger partial charge is 0.267 e. The molecule has 0 aliphatic rings. The fraction of sp³-hybridized carbons (Fsp3) is 0.167. The third-order valence-corrected chi connectivity index (χ3v) is 3.58. The van der Waals surface area contributed by atoms with Crippen LogP contribution in [0.15, 0.2) is 29.8 Å². The number of aromatic nitrogens is 1. The number of hydrogen-bond donors (Lipinski definition) is 1. The zero-order valence-corrected chi connectivity index (χ0v) is 10.8. The van der Waals surface area contributed by atoms with Gasteiger partial charge in [-0.3, -0.25) is 4.79 Å². The van der Waals surface area contributed by atoms with E-state index in [0.717, 1.165) is 16.9 Å². The molecule has 0 spiro atoms. The number of nitrogens with zero attached hydrogens (tertiary/aromatic N) is 1. The minimum atomic E-state index is -0.137. The first-order valence-corrected chi connectivity index (χ1v) is 6.49. The van der Waals surface area contributed by atoms with Crippen LogP contribution in [0, 0.1) is 6.92 Å². The molecule has 0 unspecified atom stereocenters.